The van der Waals surface area contributed by atoms with Crippen molar-refractivity contribution in [3.63, 3.8) is 0 Å². The third kappa shape index (κ3) is 7.25. The number of aliphatic hydroxyl groups excluding tert-OH is 1. The second-order valence-electron chi connectivity index (χ2n) is 5.30. The van der Waals surface area contributed by atoms with E-state index in [1.807, 2.05) is 20.0 Å². The Kier molecular flexibility index (Phi) is 9.91. The van der Waals surface area contributed by atoms with Crippen LogP contribution in [-0.2, 0) is 6.42 Å². The lowest BCUT2D eigenvalue weighted by molar-refractivity contribution is 0.182. The summed E-state index contributed by atoms with van der Waals surface area (Å²) >= 11 is 1.68. The maximum Gasteiger partial charge on any atom is 0.191 e. The van der Waals surface area contributed by atoms with Crippen LogP contribution in [0.1, 0.15) is 28.5 Å². The molecule has 0 saturated heterocycles. The topological polar surface area (TPSA) is 69.5 Å². The largest absolute Gasteiger partial charge is 0.386 e. The summed E-state index contributed by atoms with van der Waals surface area (Å²) in [5.41, 5.74) is 0.260. The molecular formula is C17H24FIN4OS. The summed E-state index contributed by atoms with van der Waals surface area (Å²) in [5.74, 6) is 0.179. The van der Waals surface area contributed by atoms with Crippen LogP contribution < -0.4 is 10.6 Å². The van der Waals surface area contributed by atoms with E-state index in [-0.39, 0.29) is 36.1 Å². The van der Waals surface area contributed by atoms with Crippen LogP contribution in [0.2, 0.25) is 0 Å². The van der Waals surface area contributed by atoms with E-state index in [2.05, 4.69) is 20.6 Å². The van der Waals surface area contributed by atoms with Gasteiger partial charge in [0.05, 0.1) is 11.6 Å². The molecule has 138 valence electrons. The lowest BCUT2D eigenvalue weighted by Gasteiger charge is -2.13. The second kappa shape index (κ2) is 11.4. The number of nitrogens with one attached hydrogen (secondary N) is 2. The fourth-order valence-corrected chi connectivity index (χ4v) is 2.95. The Morgan fingerprint density at radius 3 is 2.76 bits per heavy atom. The quantitative estimate of drug-likeness (QED) is 0.325. The standard InChI is InChI=1S/C17H23FN4OS.HI/c1-3-19-17(20-9-8-16-21-10-12(2)24-16)22-11-15(23)13-6-4-5-7-14(13)18;/h4-7,10,15,23H,3,8-9,11H2,1-2H3,(H2,19,20,22);1H. The minimum Gasteiger partial charge on any atom is -0.386 e. The summed E-state index contributed by atoms with van der Waals surface area (Å²) in [6.07, 6.45) is 1.70. The summed E-state index contributed by atoms with van der Waals surface area (Å²) < 4.78 is 13.7. The van der Waals surface area contributed by atoms with Crippen molar-refractivity contribution in [3.8, 4) is 0 Å². The zero-order valence-electron chi connectivity index (χ0n) is 14.3. The number of guanidine groups is 1. The number of benzene rings is 1. The van der Waals surface area contributed by atoms with Crippen molar-refractivity contribution in [3.05, 3.63) is 51.7 Å². The summed E-state index contributed by atoms with van der Waals surface area (Å²) in [7, 11) is 0. The number of aliphatic imine (C=N–C) groups is 1. The highest BCUT2D eigenvalue weighted by atomic mass is 127. The first kappa shape index (κ1) is 21.8. The lowest BCUT2D eigenvalue weighted by Crippen LogP contribution is -2.38. The maximum atomic E-state index is 13.7. The van der Waals surface area contributed by atoms with E-state index in [1.165, 1.54) is 10.9 Å². The van der Waals surface area contributed by atoms with Gasteiger partial charge < -0.3 is 15.7 Å². The normalized spacial score (nSPS) is 12.4. The molecular weight excluding hydrogens is 454 g/mol. The highest BCUT2D eigenvalue weighted by molar-refractivity contribution is 14.0. The van der Waals surface area contributed by atoms with Crippen molar-refractivity contribution in [2.24, 2.45) is 4.99 Å². The molecule has 0 fully saturated rings. The molecule has 0 aliphatic heterocycles. The molecule has 0 saturated carbocycles. The van der Waals surface area contributed by atoms with Crippen molar-refractivity contribution in [2.45, 2.75) is 26.4 Å². The average molecular weight is 478 g/mol. The van der Waals surface area contributed by atoms with Gasteiger partial charge in [-0.3, -0.25) is 4.99 Å². The van der Waals surface area contributed by atoms with Gasteiger partial charge in [0.2, 0.25) is 0 Å². The number of aryl methyl sites for hydroxylation is 1. The number of rotatable bonds is 7. The summed E-state index contributed by atoms with van der Waals surface area (Å²) in [4.78, 5) is 9.84. The molecule has 1 heterocycles. The van der Waals surface area contributed by atoms with Crippen LogP contribution in [0.15, 0.2) is 35.5 Å². The predicted octanol–water partition coefficient (Wildman–Crippen LogP) is 3.04. The molecule has 2 rings (SSSR count). The number of aromatic nitrogens is 1. The molecule has 1 aromatic heterocycles. The minimum atomic E-state index is -0.969. The highest BCUT2D eigenvalue weighted by Crippen LogP contribution is 2.16. The van der Waals surface area contributed by atoms with Gasteiger partial charge in [-0.05, 0) is 19.9 Å². The van der Waals surface area contributed by atoms with E-state index in [0.717, 1.165) is 11.4 Å². The molecule has 8 heteroatoms. The first-order chi connectivity index (χ1) is 11.6. The Bertz CT molecular complexity index is 680. The van der Waals surface area contributed by atoms with Gasteiger partial charge in [-0.25, -0.2) is 9.37 Å². The highest BCUT2D eigenvalue weighted by Gasteiger charge is 2.11. The van der Waals surface area contributed by atoms with Gasteiger partial charge >= 0.3 is 0 Å². The molecule has 0 spiro atoms. The Labute approximate surface area is 168 Å². The third-order valence-corrected chi connectivity index (χ3v) is 4.30. The van der Waals surface area contributed by atoms with E-state index in [0.29, 0.717) is 19.0 Å². The molecule has 1 aromatic carbocycles. The van der Waals surface area contributed by atoms with Crippen LogP contribution in [0.5, 0.6) is 0 Å². The van der Waals surface area contributed by atoms with Gasteiger partial charge in [0.25, 0.3) is 0 Å². The van der Waals surface area contributed by atoms with E-state index in [9.17, 15) is 9.50 Å². The molecule has 2 aromatic rings. The van der Waals surface area contributed by atoms with E-state index >= 15 is 0 Å². The van der Waals surface area contributed by atoms with E-state index in [4.69, 9.17) is 0 Å². The molecule has 3 N–H and O–H groups in total. The van der Waals surface area contributed by atoms with Gasteiger partial charge in [-0.15, -0.1) is 35.3 Å². The molecule has 0 bridgehead atoms. The Balaban J connectivity index is 0.00000312. The van der Waals surface area contributed by atoms with Gasteiger partial charge in [0, 0.05) is 36.1 Å². The number of nitrogens with zero attached hydrogens (tertiary/aromatic N) is 2. The zero-order valence-corrected chi connectivity index (χ0v) is 17.5. The van der Waals surface area contributed by atoms with Crippen LogP contribution in [0.25, 0.3) is 0 Å². The van der Waals surface area contributed by atoms with Crippen LogP contribution in [-0.4, -0.2) is 35.7 Å². The molecule has 1 atom stereocenters. The molecule has 1 unspecified atom stereocenters. The van der Waals surface area contributed by atoms with Gasteiger partial charge in [0.1, 0.15) is 11.9 Å². The number of aliphatic hydroxyl groups is 1. The summed E-state index contributed by atoms with van der Waals surface area (Å²) in [6, 6.07) is 6.20. The Hall–Kier alpha value is -1.26. The molecule has 5 nitrogen and oxygen atoms in total. The van der Waals surface area contributed by atoms with Gasteiger partial charge in [0.15, 0.2) is 5.96 Å². The van der Waals surface area contributed by atoms with Crippen molar-refractivity contribution in [1.29, 1.82) is 0 Å². The van der Waals surface area contributed by atoms with E-state index in [1.54, 1.807) is 29.5 Å². The van der Waals surface area contributed by atoms with Crippen molar-refractivity contribution in [1.82, 2.24) is 15.6 Å². The fourth-order valence-electron chi connectivity index (χ4n) is 2.17. The zero-order chi connectivity index (χ0) is 17.4. The smallest absolute Gasteiger partial charge is 0.191 e. The summed E-state index contributed by atoms with van der Waals surface area (Å²) in [6.45, 7) is 5.48. The van der Waals surface area contributed by atoms with Gasteiger partial charge in [-0.1, -0.05) is 18.2 Å². The lowest BCUT2D eigenvalue weighted by atomic mass is 10.1. The SMILES string of the molecule is CCNC(=NCC(O)c1ccccc1F)NCCc1ncc(C)s1.I. The van der Waals surface area contributed by atoms with Crippen LogP contribution in [0.3, 0.4) is 0 Å². The molecule has 0 radical (unpaired) electrons. The van der Waals surface area contributed by atoms with Crippen molar-refractivity contribution < 1.29 is 9.50 Å². The number of thiazole rings is 1. The number of hydrogen-bond acceptors (Lipinski definition) is 4. The molecule has 0 aliphatic carbocycles. The number of hydrogen-bond donors (Lipinski definition) is 3. The molecule has 0 aliphatic rings. The maximum absolute atomic E-state index is 13.7. The summed E-state index contributed by atoms with van der Waals surface area (Å²) in [5, 5.41) is 17.5. The fraction of sp³-hybridized carbons (Fsp3) is 0.412. The third-order valence-electron chi connectivity index (χ3n) is 3.33. The predicted molar refractivity (Wildman–Crippen MR) is 111 cm³/mol. The average Bonchev–Trinajstić information content (AvgIpc) is 2.98. The second-order valence-corrected chi connectivity index (χ2v) is 6.62. The van der Waals surface area contributed by atoms with Crippen LogP contribution >= 0.6 is 35.3 Å². The first-order valence-electron chi connectivity index (χ1n) is 7.96. The minimum absolute atomic E-state index is 0. The van der Waals surface area contributed by atoms with Crippen LogP contribution in [0, 0.1) is 12.7 Å². The molecule has 0 amide bonds. The Morgan fingerprint density at radius 1 is 1.36 bits per heavy atom. The van der Waals surface area contributed by atoms with Crippen LogP contribution in [0.4, 0.5) is 4.39 Å². The Morgan fingerprint density at radius 2 is 2.12 bits per heavy atom. The molecule has 25 heavy (non-hydrogen) atoms. The van der Waals surface area contributed by atoms with Crippen molar-refractivity contribution >= 4 is 41.3 Å². The monoisotopic (exact) mass is 478 g/mol. The number of halogens is 2. The first-order valence-corrected chi connectivity index (χ1v) is 8.77. The van der Waals surface area contributed by atoms with Crippen molar-refractivity contribution in [2.75, 3.05) is 19.6 Å². The van der Waals surface area contributed by atoms with E-state index < -0.39 is 11.9 Å². The van der Waals surface area contributed by atoms with Gasteiger partial charge in [-0.2, -0.15) is 0 Å².